The molecule has 1 unspecified atom stereocenters. The first kappa shape index (κ1) is 15.6. The summed E-state index contributed by atoms with van der Waals surface area (Å²) in [5.41, 5.74) is 0.809. The summed E-state index contributed by atoms with van der Waals surface area (Å²) in [6.45, 7) is 3.12. The van der Waals surface area contributed by atoms with E-state index in [1.165, 1.54) is 12.4 Å². The molecule has 2 aromatic heterocycles. The second-order valence-electron chi connectivity index (χ2n) is 4.67. The molecule has 0 amide bonds. The van der Waals surface area contributed by atoms with Gasteiger partial charge in [-0.1, -0.05) is 6.07 Å². The standard InChI is InChI=1S/C13H19N5O2S/c1-11(12-4-3-5-15-8-12)17-21(19,20)13-9-16-18(10-13)7-6-14-2/h3-5,8-11,14,17H,6-7H2,1-2H3. The van der Waals surface area contributed by atoms with Crippen LogP contribution >= 0.6 is 0 Å². The van der Waals surface area contributed by atoms with Crippen LogP contribution in [0.5, 0.6) is 0 Å². The van der Waals surface area contributed by atoms with Gasteiger partial charge in [0, 0.05) is 31.2 Å². The van der Waals surface area contributed by atoms with Gasteiger partial charge in [0.25, 0.3) is 0 Å². The number of hydrogen-bond donors (Lipinski definition) is 2. The van der Waals surface area contributed by atoms with Crippen LogP contribution in [0.25, 0.3) is 0 Å². The molecule has 0 aliphatic carbocycles. The fourth-order valence-corrected chi connectivity index (χ4v) is 3.02. The van der Waals surface area contributed by atoms with Crippen LogP contribution in [0.2, 0.25) is 0 Å². The Morgan fingerprint density at radius 3 is 2.86 bits per heavy atom. The van der Waals surface area contributed by atoms with E-state index in [0.29, 0.717) is 6.54 Å². The van der Waals surface area contributed by atoms with Gasteiger partial charge in [-0.05, 0) is 25.6 Å². The molecule has 21 heavy (non-hydrogen) atoms. The van der Waals surface area contributed by atoms with E-state index in [9.17, 15) is 8.42 Å². The van der Waals surface area contributed by atoms with E-state index >= 15 is 0 Å². The fourth-order valence-electron chi connectivity index (χ4n) is 1.83. The van der Waals surface area contributed by atoms with Gasteiger partial charge in [0.1, 0.15) is 4.90 Å². The number of rotatable bonds is 7. The van der Waals surface area contributed by atoms with Crippen LogP contribution in [-0.2, 0) is 16.6 Å². The minimum Gasteiger partial charge on any atom is -0.318 e. The lowest BCUT2D eigenvalue weighted by Gasteiger charge is -2.13. The van der Waals surface area contributed by atoms with E-state index < -0.39 is 10.0 Å². The molecule has 0 saturated heterocycles. The number of sulfonamides is 1. The number of nitrogens with one attached hydrogen (secondary N) is 2. The van der Waals surface area contributed by atoms with Crippen molar-refractivity contribution in [3.63, 3.8) is 0 Å². The second kappa shape index (κ2) is 6.79. The molecular formula is C13H19N5O2S. The molecule has 0 radical (unpaired) electrons. The largest absolute Gasteiger partial charge is 0.318 e. The highest BCUT2D eigenvalue weighted by atomic mass is 32.2. The van der Waals surface area contributed by atoms with E-state index in [1.54, 1.807) is 30.1 Å². The Morgan fingerprint density at radius 1 is 1.38 bits per heavy atom. The molecule has 2 N–H and O–H groups in total. The van der Waals surface area contributed by atoms with Crippen molar-refractivity contribution in [2.75, 3.05) is 13.6 Å². The zero-order valence-electron chi connectivity index (χ0n) is 12.0. The molecule has 2 aromatic rings. The van der Waals surface area contributed by atoms with Gasteiger partial charge >= 0.3 is 0 Å². The minimum atomic E-state index is -3.59. The Hall–Kier alpha value is -1.77. The van der Waals surface area contributed by atoms with Crippen LogP contribution in [0.1, 0.15) is 18.5 Å². The highest BCUT2D eigenvalue weighted by molar-refractivity contribution is 7.89. The van der Waals surface area contributed by atoms with Gasteiger partial charge < -0.3 is 5.32 Å². The third-order valence-corrected chi connectivity index (χ3v) is 4.52. The summed E-state index contributed by atoms with van der Waals surface area (Å²) in [4.78, 5) is 4.15. The Bertz CT molecular complexity index is 669. The summed E-state index contributed by atoms with van der Waals surface area (Å²) in [7, 11) is -1.76. The smallest absolute Gasteiger partial charge is 0.244 e. The zero-order valence-corrected chi connectivity index (χ0v) is 12.8. The first-order valence-electron chi connectivity index (χ1n) is 6.62. The lowest BCUT2D eigenvalue weighted by Crippen LogP contribution is -2.26. The predicted octanol–water partition coefficient (Wildman–Crippen LogP) is 0.537. The molecule has 2 heterocycles. The van der Waals surface area contributed by atoms with E-state index in [4.69, 9.17) is 0 Å². The minimum absolute atomic E-state index is 0.161. The summed E-state index contributed by atoms with van der Waals surface area (Å²) < 4.78 is 28.8. The van der Waals surface area contributed by atoms with E-state index in [0.717, 1.165) is 12.1 Å². The van der Waals surface area contributed by atoms with Gasteiger partial charge in [-0.3, -0.25) is 9.67 Å². The summed E-state index contributed by atoms with van der Waals surface area (Å²) in [5.74, 6) is 0. The lowest BCUT2D eigenvalue weighted by molar-refractivity contribution is 0.564. The maximum absolute atomic E-state index is 12.3. The number of hydrogen-bond acceptors (Lipinski definition) is 5. The molecule has 0 saturated carbocycles. The summed E-state index contributed by atoms with van der Waals surface area (Å²) in [6, 6.07) is 3.25. The molecule has 1 atom stereocenters. The topological polar surface area (TPSA) is 88.9 Å². The highest BCUT2D eigenvalue weighted by Crippen LogP contribution is 2.15. The van der Waals surface area contributed by atoms with Crippen LogP contribution in [0.15, 0.2) is 41.8 Å². The maximum Gasteiger partial charge on any atom is 0.244 e. The van der Waals surface area contributed by atoms with Crippen molar-refractivity contribution in [1.29, 1.82) is 0 Å². The molecular weight excluding hydrogens is 290 g/mol. The molecule has 0 fully saturated rings. The van der Waals surface area contributed by atoms with Crippen molar-refractivity contribution in [2.45, 2.75) is 24.4 Å². The van der Waals surface area contributed by atoms with Crippen LogP contribution in [0, 0.1) is 0 Å². The zero-order chi connectivity index (χ0) is 15.3. The molecule has 0 spiro atoms. The first-order valence-corrected chi connectivity index (χ1v) is 8.10. The Balaban J connectivity index is 2.09. The summed E-state index contributed by atoms with van der Waals surface area (Å²) >= 11 is 0. The van der Waals surface area contributed by atoms with E-state index in [1.807, 2.05) is 13.1 Å². The summed E-state index contributed by atoms with van der Waals surface area (Å²) in [5, 5.41) is 7.03. The van der Waals surface area contributed by atoms with Crippen LogP contribution in [0.3, 0.4) is 0 Å². The van der Waals surface area contributed by atoms with Gasteiger partial charge in [-0.25, -0.2) is 13.1 Å². The fraction of sp³-hybridized carbons (Fsp3) is 0.385. The highest BCUT2D eigenvalue weighted by Gasteiger charge is 2.20. The normalized spacial score (nSPS) is 13.2. The van der Waals surface area contributed by atoms with Crippen molar-refractivity contribution in [3.05, 3.63) is 42.5 Å². The molecule has 8 heteroatoms. The van der Waals surface area contributed by atoms with Crippen molar-refractivity contribution in [1.82, 2.24) is 24.8 Å². The number of nitrogens with zero attached hydrogens (tertiary/aromatic N) is 3. The van der Waals surface area contributed by atoms with Crippen LogP contribution in [0.4, 0.5) is 0 Å². The molecule has 0 bridgehead atoms. The number of likely N-dealkylation sites (N-methyl/N-ethyl adjacent to an activating group) is 1. The van der Waals surface area contributed by atoms with Gasteiger partial charge in [-0.2, -0.15) is 5.10 Å². The van der Waals surface area contributed by atoms with E-state index in [-0.39, 0.29) is 10.9 Å². The van der Waals surface area contributed by atoms with Gasteiger partial charge in [-0.15, -0.1) is 0 Å². The second-order valence-corrected chi connectivity index (χ2v) is 6.39. The third kappa shape index (κ3) is 4.10. The monoisotopic (exact) mass is 309 g/mol. The van der Waals surface area contributed by atoms with Gasteiger partial charge in [0.15, 0.2) is 0 Å². The average Bonchev–Trinajstić information content (AvgIpc) is 2.95. The number of aromatic nitrogens is 3. The van der Waals surface area contributed by atoms with Gasteiger partial charge in [0.05, 0.1) is 12.7 Å². The quantitative estimate of drug-likeness (QED) is 0.779. The molecule has 114 valence electrons. The Morgan fingerprint density at radius 2 is 2.19 bits per heavy atom. The van der Waals surface area contributed by atoms with Crippen molar-refractivity contribution in [3.8, 4) is 0 Å². The predicted molar refractivity (Wildman–Crippen MR) is 79.1 cm³/mol. The van der Waals surface area contributed by atoms with Gasteiger partial charge in [0.2, 0.25) is 10.0 Å². The molecule has 0 aliphatic rings. The number of pyridine rings is 1. The summed E-state index contributed by atoms with van der Waals surface area (Å²) in [6.07, 6.45) is 6.17. The van der Waals surface area contributed by atoms with Crippen molar-refractivity contribution in [2.24, 2.45) is 0 Å². The molecule has 2 rings (SSSR count). The average molecular weight is 309 g/mol. The molecule has 0 aliphatic heterocycles. The van der Waals surface area contributed by atoms with Crippen molar-refractivity contribution < 1.29 is 8.42 Å². The van der Waals surface area contributed by atoms with E-state index in [2.05, 4.69) is 20.1 Å². The molecule has 7 nitrogen and oxygen atoms in total. The van der Waals surface area contributed by atoms with Crippen molar-refractivity contribution >= 4 is 10.0 Å². The van der Waals surface area contributed by atoms with Crippen LogP contribution < -0.4 is 10.0 Å². The first-order chi connectivity index (χ1) is 10.0. The Labute approximate surface area is 124 Å². The van der Waals surface area contributed by atoms with Crippen LogP contribution in [-0.4, -0.2) is 36.8 Å². The Kier molecular flexibility index (Phi) is 5.05. The molecule has 0 aromatic carbocycles. The maximum atomic E-state index is 12.3. The third-order valence-electron chi connectivity index (χ3n) is 3.03. The lowest BCUT2D eigenvalue weighted by atomic mass is 10.2. The SMILES string of the molecule is CNCCn1cc(S(=O)(=O)NC(C)c2cccnc2)cn1.